The number of amides is 1. The number of rotatable bonds is 8. The van der Waals surface area contributed by atoms with Crippen LogP contribution in [0.25, 0.3) is 0 Å². The number of nitrogens with one attached hydrogen (secondary N) is 1. The molecule has 30 heavy (non-hydrogen) atoms. The van der Waals surface area contributed by atoms with Crippen molar-refractivity contribution >= 4 is 46.6 Å². The Morgan fingerprint density at radius 2 is 1.90 bits per heavy atom. The minimum Gasteiger partial charge on any atom is -0.485 e. The summed E-state index contributed by atoms with van der Waals surface area (Å²) in [4.78, 5) is 12.3. The molecule has 0 saturated carbocycles. The van der Waals surface area contributed by atoms with Gasteiger partial charge >= 0.3 is 0 Å². The van der Waals surface area contributed by atoms with E-state index < -0.39 is 0 Å². The fourth-order valence-electron chi connectivity index (χ4n) is 2.83. The molecule has 158 valence electrons. The summed E-state index contributed by atoms with van der Waals surface area (Å²) in [7, 11) is 0. The summed E-state index contributed by atoms with van der Waals surface area (Å²) in [6.45, 7) is 7.06. The van der Waals surface area contributed by atoms with Gasteiger partial charge in [0.1, 0.15) is 12.4 Å². The third-order valence-corrected chi connectivity index (χ3v) is 5.90. The molecule has 3 aromatic rings. The summed E-state index contributed by atoms with van der Waals surface area (Å²) >= 11 is 13.2. The van der Waals surface area contributed by atoms with Gasteiger partial charge in [-0.1, -0.05) is 47.1 Å². The van der Waals surface area contributed by atoms with Crippen LogP contribution >= 0.6 is 35.0 Å². The number of carbonyl (C=O) groups excluding carboxylic acids is 1. The SMILES string of the molecule is CCn1c(COc2cccc(C)c2C)nnc1SCC(=O)Nc1cc(Cl)cc(Cl)c1. The molecule has 0 fully saturated rings. The molecule has 2 aromatic carbocycles. The van der Waals surface area contributed by atoms with Crippen LogP contribution in [0.15, 0.2) is 41.6 Å². The predicted octanol–water partition coefficient (Wildman–Crippen LogP) is 5.53. The van der Waals surface area contributed by atoms with Gasteiger partial charge in [0.2, 0.25) is 5.91 Å². The highest BCUT2D eigenvalue weighted by Crippen LogP contribution is 2.24. The van der Waals surface area contributed by atoms with Gasteiger partial charge in [0, 0.05) is 22.3 Å². The normalized spacial score (nSPS) is 10.8. The van der Waals surface area contributed by atoms with E-state index in [1.54, 1.807) is 18.2 Å². The number of thioether (sulfide) groups is 1. The van der Waals surface area contributed by atoms with Crippen LogP contribution in [0.5, 0.6) is 5.75 Å². The maximum absolute atomic E-state index is 12.3. The van der Waals surface area contributed by atoms with Crippen LogP contribution in [0, 0.1) is 13.8 Å². The molecule has 1 heterocycles. The molecule has 3 rings (SSSR count). The van der Waals surface area contributed by atoms with E-state index in [4.69, 9.17) is 27.9 Å². The van der Waals surface area contributed by atoms with Crippen molar-refractivity contribution in [2.24, 2.45) is 0 Å². The highest BCUT2D eigenvalue weighted by molar-refractivity contribution is 7.99. The van der Waals surface area contributed by atoms with Crippen molar-refractivity contribution in [3.8, 4) is 5.75 Å². The van der Waals surface area contributed by atoms with Crippen molar-refractivity contribution in [3.05, 3.63) is 63.4 Å². The maximum Gasteiger partial charge on any atom is 0.234 e. The lowest BCUT2D eigenvalue weighted by molar-refractivity contribution is -0.113. The summed E-state index contributed by atoms with van der Waals surface area (Å²) < 4.78 is 7.89. The van der Waals surface area contributed by atoms with Crippen molar-refractivity contribution in [1.29, 1.82) is 0 Å². The Bertz CT molecular complexity index is 1040. The number of benzene rings is 2. The zero-order chi connectivity index (χ0) is 21.7. The van der Waals surface area contributed by atoms with Crippen molar-refractivity contribution < 1.29 is 9.53 Å². The van der Waals surface area contributed by atoms with Gasteiger partial charge in [-0.2, -0.15) is 0 Å². The Hall–Kier alpha value is -2.22. The average molecular weight is 465 g/mol. The number of hydrogen-bond acceptors (Lipinski definition) is 5. The van der Waals surface area contributed by atoms with Crippen LogP contribution in [-0.4, -0.2) is 26.4 Å². The molecule has 6 nitrogen and oxygen atoms in total. The number of halogens is 2. The predicted molar refractivity (Wildman–Crippen MR) is 122 cm³/mol. The Morgan fingerprint density at radius 1 is 1.17 bits per heavy atom. The Balaban J connectivity index is 1.61. The second kappa shape index (κ2) is 10.2. The van der Waals surface area contributed by atoms with Gasteiger partial charge in [0.15, 0.2) is 11.0 Å². The van der Waals surface area contributed by atoms with Crippen molar-refractivity contribution in [2.75, 3.05) is 11.1 Å². The first-order valence-electron chi connectivity index (χ1n) is 9.37. The molecular weight excluding hydrogens is 443 g/mol. The number of aromatic nitrogens is 3. The van der Waals surface area contributed by atoms with Gasteiger partial charge in [0.05, 0.1) is 5.75 Å². The van der Waals surface area contributed by atoms with Crippen LogP contribution in [-0.2, 0) is 17.9 Å². The summed E-state index contributed by atoms with van der Waals surface area (Å²) in [5.74, 6) is 1.54. The number of hydrogen-bond donors (Lipinski definition) is 1. The monoisotopic (exact) mass is 464 g/mol. The van der Waals surface area contributed by atoms with Gasteiger partial charge < -0.3 is 14.6 Å². The molecule has 0 aliphatic heterocycles. The summed E-state index contributed by atoms with van der Waals surface area (Å²) in [6, 6.07) is 10.9. The van der Waals surface area contributed by atoms with Crippen LogP contribution < -0.4 is 10.1 Å². The highest BCUT2D eigenvalue weighted by Gasteiger charge is 2.14. The van der Waals surface area contributed by atoms with E-state index in [1.807, 2.05) is 43.5 Å². The van der Waals surface area contributed by atoms with Crippen LogP contribution in [0.3, 0.4) is 0 Å². The number of carbonyl (C=O) groups is 1. The fraction of sp³-hybridized carbons (Fsp3) is 0.286. The number of ether oxygens (including phenoxy) is 1. The van der Waals surface area contributed by atoms with Gasteiger partial charge in [-0.05, 0) is 56.2 Å². The Kier molecular flexibility index (Phi) is 7.64. The first-order chi connectivity index (χ1) is 14.4. The zero-order valence-corrected chi connectivity index (χ0v) is 19.2. The lowest BCUT2D eigenvalue weighted by atomic mass is 10.1. The van der Waals surface area contributed by atoms with Crippen LogP contribution in [0.2, 0.25) is 10.0 Å². The van der Waals surface area contributed by atoms with Crippen molar-refractivity contribution in [1.82, 2.24) is 14.8 Å². The molecule has 1 aromatic heterocycles. The maximum atomic E-state index is 12.3. The summed E-state index contributed by atoms with van der Waals surface area (Å²) in [5.41, 5.74) is 2.83. The van der Waals surface area contributed by atoms with E-state index in [-0.39, 0.29) is 11.7 Å². The fourth-order valence-corrected chi connectivity index (χ4v) is 4.17. The first-order valence-corrected chi connectivity index (χ1v) is 11.1. The number of aryl methyl sites for hydroxylation is 1. The van der Waals surface area contributed by atoms with E-state index in [0.717, 1.165) is 11.3 Å². The number of anilines is 1. The third-order valence-electron chi connectivity index (χ3n) is 4.50. The zero-order valence-electron chi connectivity index (χ0n) is 16.9. The largest absolute Gasteiger partial charge is 0.485 e. The van der Waals surface area contributed by atoms with Gasteiger partial charge in [-0.15, -0.1) is 10.2 Å². The average Bonchev–Trinajstić information content (AvgIpc) is 3.08. The van der Waals surface area contributed by atoms with Crippen molar-refractivity contribution in [3.63, 3.8) is 0 Å². The second-order valence-electron chi connectivity index (χ2n) is 6.62. The molecule has 0 aliphatic carbocycles. The molecular formula is C21H22Cl2N4O2S. The Labute approximate surface area is 189 Å². The molecule has 9 heteroatoms. The van der Waals surface area contributed by atoms with E-state index >= 15 is 0 Å². The Morgan fingerprint density at radius 3 is 2.60 bits per heavy atom. The van der Waals surface area contributed by atoms with Gasteiger partial charge in [-0.3, -0.25) is 4.79 Å². The molecule has 1 amide bonds. The van der Waals surface area contributed by atoms with Gasteiger partial charge in [-0.25, -0.2) is 0 Å². The minimum absolute atomic E-state index is 0.181. The van der Waals surface area contributed by atoms with Crippen molar-refractivity contribution in [2.45, 2.75) is 39.1 Å². The number of nitrogens with zero attached hydrogens (tertiary/aromatic N) is 3. The van der Waals surface area contributed by atoms with Crippen LogP contribution in [0.4, 0.5) is 5.69 Å². The highest BCUT2D eigenvalue weighted by atomic mass is 35.5. The smallest absolute Gasteiger partial charge is 0.234 e. The molecule has 0 unspecified atom stereocenters. The van der Waals surface area contributed by atoms with E-state index in [0.29, 0.717) is 39.9 Å². The molecule has 0 aliphatic rings. The van der Waals surface area contributed by atoms with Crippen LogP contribution in [0.1, 0.15) is 23.9 Å². The summed E-state index contributed by atoms with van der Waals surface area (Å²) in [5, 5.41) is 12.8. The second-order valence-corrected chi connectivity index (χ2v) is 8.44. The molecule has 1 N–H and O–H groups in total. The lowest BCUT2D eigenvalue weighted by Crippen LogP contribution is -2.15. The molecule has 0 spiro atoms. The molecule has 0 bridgehead atoms. The topological polar surface area (TPSA) is 69.0 Å². The minimum atomic E-state index is -0.183. The van der Waals surface area contributed by atoms with E-state index in [9.17, 15) is 4.79 Å². The third kappa shape index (κ3) is 5.68. The van der Waals surface area contributed by atoms with E-state index in [1.165, 1.54) is 17.3 Å². The van der Waals surface area contributed by atoms with Gasteiger partial charge in [0.25, 0.3) is 0 Å². The summed E-state index contributed by atoms with van der Waals surface area (Å²) in [6.07, 6.45) is 0. The quantitative estimate of drug-likeness (QED) is 0.443. The molecule has 0 atom stereocenters. The molecule has 0 saturated heterocycles. The lowest BCUT2D eigenvalue weighted by Gasteiger charge is -2.11. The molecule has 0 radical (unpaired) electrons. The standard InChI is InChI=1S/C21H22Cl2N4O2S/c1-4-27-19(11-29-18-7-5-6-13(2)14(18)3)25-26-21(27)30-12-20(28)24-17-9-15(22)8-16(23)10-17/h5-10H,4,11-12H2,1-3H3,(H,24,28). The first kappa shape index (κ1) is 22.5. The van der Waals surface area contributed by atoms with E-state index in [2.05, 4.69) is 15.5 Å².